The Morgan fingerprint density at radius 1 is 1.18 bits per heavy atom. The predicted molar refractivity (Wildman–Crippen MR) is 91.0 cm³/mol. The Kier molecular flexibility index (Phi) is 6.82. The van der Waals surface area contributed by atoms with E-state index in [1.54, 1.807) is 43.3 Å². The standard InChI is InChI=1S/C16H16ClNO3S/c1-3-7-15(12-13(2)10-11-16(17)19)22(20,21)18-14-8-5-4-6-9-14/h3-12,18H,2H2,1H3/b7-3-,11-10+,15-12+. The molecule has 1 rings (SSSR count). The highest BCUT2D eigenvalue weighted by atomic mass is 35.5. The Hall–Kier alpha value is -2.11. The smallest absolute Gasteiger partial charge is 0.261 e. The van der Waals surface area contributed by atoms with Gasteiger partial charge in [-0.15, -0.1) is 0 Å². The first-order chi connectivity index (χ1) is 10.3. The van der Waals surface area contributed by atoms with Crippen LogP contribution in [0.1, 0.15) is 6.92 Å². The van der Waals surface area contributed by atoms with Gasteiger partial charge in [-0.2, -0.15) is 0 Å². The van der Waals surface area contributed by atoms with E-state index in [0.717, 1.165) is 6.08 Å². The number of anilines is 1. The summed E-state index contributed by atoms with van der Waals surface area (Å²) >= 11 is 5.18. The summed E-state index contributed by atoms with van der Waals surface area (Å²) in [6.45, 7) is 5.37. The Morgan fingerprint density at radius 2 is 1.82 bits per heavy atom. The van der Waals surface area contributed by atoms with Crippen LogP contribution in [-0.2, 0) is 14.8 Å². The average molecular weight is 338 g/mol. The summed E-state index contributed by atoms with van der Waals surface area (Å²) < 4.78 is 27.2. The number of carbonyl (C=O) groups excluding carboxylic acids is 1. The zero-order valence-electron chi connectivity index (χ0n) is 12.0. The third-order valence-corrected chi connectivity index (χ3v) is 3.93. The number of halogens is 1. The van der Waals surface area contributed by atoms with Crippen molar-refractivity contribution >= 4 is 32.6 Å². The zero-order valence-corrected chi connectivity index (χ0v) is 13.6. The van der Waals surface area contributed by atoms with Crippen LogP contribution in [0.5, 0.6) is 0 Å². The lowest BCUT2D eigenvalue weighted by molar-refractivity contribution is -0.107. The fourth-order valence-electron chi connectivity index (χ4n) is 1.50. The van der Waals surface area contributed by atoms with Crippen LogP contribution in [-0.4, -0.2) is 13.7 Å². The maximum Gasteiger partial charge on any atom is 0.261 e. The van der Waals surface area contributed by atoms with Gasteiger partial charge in [0, 0.05) is 5.69 Å². The molecule has 4 nitrogen and oxygen atoms in total. The highest BCUT2D eigenvalue weighted by Crippen LogP contribution is 2.17. The summed E-state index contributed by atoms with van der Waals surface area (Å²) in [7, 11) is -3.76. The number of rotatable bonds is 7. The summed E-state index contributed by atoms with van der Waals surface area (Å²) in [6, 6.07) is 8.53. The van der Waals surface area contributed by atoms with Gasteiger partial charge in [0.25, 0.3) is 10.0 Å². The molecule has 0 aliphatic rings. The van der Waals surface area contributed by atoms with Gasteiger partial charge < -0.3 is 0 Å². The Labute approximate surface area is 135 Å². The molecule has 1 N–H and O–H groups in total. The first kappa shape index (κ1) is 17.9. The van der Waals surface area contributed by atoms with Crippen LogP contribution in [0.3, 0.4) is 0 Å². The molecule has 0 saturated carbocycles. The Balaban J connectivity index is 3.08. The quantitative estimate of drug-likeness (QED) is 0.468. The number of nitrogens with one attached hydrogen (secondary N) is 1. The third kappa shape index (κ3) is 6.11. The molecule has 0 saturated heterocycles. The Morgan fingerprint density at radius 3 is 2.36 bits per heavy atom. The molecule has 0 spiro atoms. The molecule has 0 aromatic heterocycles. The lowest BCUT2D eigenvalue weighted by Gasteiger charge is -2.09. The van der Waals surface area contributed by atoms with Crippen molar-refractivity contribution in [1.29, 1.82) is 0 Å². The first-order valence-corrected chi connectivity index (χ1v) is 8.20. The number of hydrogen-bond donors (Lipinski definition) is 1. The molecule has 0 atom stereocenters. The van der Waals surface area contributed by atoms with E-state index in [1.807, 2.05) is 0 Å². The average Bonchev–Trinajstić information content (AvgIpc) is 2.45. The molecule has 6 heteroatoms. The van der Waals surface area contributed by atoms with Crippen molar-refractivity contribution in [3.05, 3.63) is 77.8 Å². The lowest BCUT2D eigenvalue weighted by Crippen LogP contribution is -2.14. The van der Waals surface area contributed by atoms with E-state index in [2.05, 4.69) is 11.3 Å². The molecule has 0 bridgehead atoms. The zero-order chi connectivity index (χ0) is 16.6. The largest absolute Gasteiger partial charge is 0.280 e. The maximum absolute atomic E-state index is 12.4. The van der Waals surface area contributed by atoms with Crippen LogP contribution in [0.2, 0.25) is 0 Å². The number of para-hydroxylation sites is 1. The van der Waals surface area contributed by atoms with E-state index >= 15 is 0 Å². The van der Waals surface area contributed by atoms with Crippen LogP contribution in [0.25, 0.3) is 0 Å². The van der Waals surface area contributed by atoms with Gasteiger partial charge in [0.2, 0.25) is 5.24 Å². The van der Waals surface area contributed by atoms with Crippen molar-refractivity contribution in [2.75, 3.05) is 4.72 Å². The van der Waals surface area contributed by atoms with Crippen molar-refractivity contribution in [1.82, 2.24) is 0 Å². The fraction of sp³-hybridized carbons (Fsp3) is 0.0625. The fourth-order valence-corrected chi connectivity index (χ4v) is 2.75. The number of allylic oxidation sites excluding steroid dienone is 6. The van der Waals surface area contributed by atoms with Crippen molar-refractivity contribution in [3.8, 4) is 0 Å². The lowest BCUT2D eigenvalue weighted by atomic mass is 10.2. The van der Waals surface area contributed by atoms with Gasteiger partial charge in [0.15, 0.2) is 0 Å². The second-order valence-corrected chi connectivity index (χ2v) is 6.29. The molecule has 0 unspecified atom stereocenters. The molecule has 0 amide bonds. The minimum atomic E-state index is -3.76. The molecule has 1 aromatic carbocycles. The van der Waals surface area contributed by atoms with E-state index in [4.69, 9.17) is 11.6 Å². The van der Waals surface area contributed by atoms with Crippen molar-refractivity contribution in [2.45, 2.75) is 6.92 Å². The summed E-state index contributed by atoms with van der Waals surface area (Å²) in [4.78, 5) is 10.7. The molecular formula is C16H16ClNO3S. The molecule has 0 heterocycles. The van der Waals surface area contributed by atoms with Crippen molar-refractivity contribution in [3.63, 3.8) is 0 Å². The van der Waals surface area contributed by atoms with Gasteiger partial charge in [0.1, 0.15) is 0 Å². The van der Waals surface area contributed by atoms with E-state index in [1.165, 1.54) is 18.2 Å². The first-order valence-electron chi connectivity index (χ1n) is 6.34. The third-order valence-electron chi connectivity index (χ3n) is 2.42. The van der Waals surface area contributed by atoms with Gasteiger partial charge >= 0.3 is 0 Å². The summed E-state index contributed by atoms with van der Waals surface area (Å²) in [5.74, 6) is 0. The highest BCUT2D eigenvalue weighted by molar-refractivity contribution is 7.96. The van der Waals surface area contributed by atoms with Crippen LogP contribution in [0.4, 0.5) is 5.69 Å². The number of carbonyl (C=O) groups is 1. The topological polar surface area (TPSA) is 63.2 Å². The normalized spacial score (nSPS) is 12.7. The summed E-state index contributed by atoms with van der Waals surface area (Å²) in [5.41, 5.74) is 0.788. The summed E-state index contributed by atoms with van der Waals surface area (Å²) in [5, 5.41) is -0.660. The predicted octanol–water partition coefficient (Wildman–Crippen LogP) is 3.77. The molecule has 1 aromatic rings. The Bertz CT molecular complexity index is 732. The second-order valence-electron chi connectivity index (χ2n) is 4.23. The minimum absolute atomic E-state index is 0.0236. The van der Waals surface area contributed by atoms with Gasteiger partial charge in [-0.1, -0.05) is 36.9 Å². The molecule has 0 aliphatic heterocycles. The van der Waals surface area contributed by atoms with Gasteiger partial charge in [0.05, 0.1) is 4.91 Å². The van der Waals surface area contributed by atoms with Gasteiger partial charge in [-0.3, -0.25) is 9.52 Å². The van der Waals surface area contributed by atoms with E-state index in [0.29, 0.717) is 11.3 Å². The van der Waals surface area contributed by atoms with Crippen molar-refractivity contribution in [2.24, 2.45) is 0 Å². The van der Waals surface area contributed by atoms with Crippen LogP contribution < -0.4 is 4.72 Å². The number of hydrogen-bond acceptors (Lipinski definition) is 3. The second kappa shape index (κ2) is 8.36. The molecular weight excluding hydrogens is 322 g/mol. The van der Waals surface area contributed by atoms with Crippen LogP contribution >= 0.6 is 11.6 Å². The maximum atomic E-state index is 12.4. The van der Waals surface area contributed by atoms with E-state index in [9.17, 15) is 13.2 Å². The van der Waals surface area contributed by atoms with Gasteiger partial charge in [-0.25, -0.2) is 8.42 Å². The van der Waals surface area contributed by atoms with Crippen molar-refractivity contribution < 1.29 is 13.2 Å². The van der Waals surface area contributed by atoms with Gasteiger partial charge in [-0.05, 0) is 54.5 Å². The van der Waals surface area contributed by atoms with E-state index in [-0.39, 0.29) is 4.91 Å². The molecule has 22 heavy (non-hydrogen) atoms. The monoisotopic (exact) mass is 337 g/mol. The molecule has 116 valence electrons. The summed E-state index contributed by atoms with van der Waals surface area (Å²) in [6.07, 6.45) is 6.83. The highest BCUT2D eigenvalue weighted by Gasteiger charge is 2.15. The molecule has 0 fully saturated rings. The van der Waals surface area contributed by atoms with Crippen LogP contribution in [0.15, 0.2) is 77.8 Å². The molecule has 0 aliphatic carbocycles. The minimum Gasteiger partial charge on any atom is -0.280 e. The van der Waals surface area contributed by atoms with Crippen LogP contribution in [0, 0.1) is 0 Å². The van der Waals surface area contributed by atoms with E-state index < -0.39 is 15.3 Å². The number of sulfonamides is 1. The molecule has 0 radical (unpaired) electrons. The number of benzene rings is 1. The SMILES string of the molecule is C=C(/C=C/C(=O)Cl)/C=C(\C=C/C)S(=O)(=O)Nc1ccccc1.